The summed E-state index contributed by atoms with van der Waals surface area (Å²) >= 11 is 0. The van der Waals surface area contributed by atoms with Gasteiger partial charge in [-0.1, -0.05) is 19.0 Å². The van der Waals surface area contributed by atoms with Crippen LogP contribution in [-0.4, -0.2) is 33.9 Å². The lowest BCUT2D eigenvalue weighted by molar-refractivity contribution is 0.143. The van der Waals surface area contributed by atoms with Crippen molar-refractivity contribution < 1.29 is 14.4 Å². The average Bonchev–Trinajstić information content (AvgIpc) is 3.03. The third-order valence-electron chi connectivity index (χ3n) is 6.22. The van der Waals surface area contributed by atoms with Crippen molar-refractivity contribution in [3.63, 3.8) is 0 Å². The number of carbonyl (C=O) groups is 1. The number of urea groups is 1. The summed E-state index contributed by atoms with van der Waals surface area (Å²) in [6.45, 7) is 4.20. The Balaban J connectivity index is 1.40. The van der Waals surface area contributed by atoms with Crippen LogP contribution >= 0.6 is 0 Å². The molecular formula is C18H28N4O3. The molecule has 5 unspecified atom stereocenters. The van der Waals surface area contributed by atoms with Crippen molar-refractivity contribution in [3.8, 4) is 0 Å². The molecule has 3 saturated carbocycles. The third-order valence-corrected chi connectivity index (χ3v) is 6.22. The number of hydrogen-bond acceptors (Lipinski definition) is 5. The van der Waals surface area contributed by atoms with Gasteiger partial charge in [0.05, 0.1) is 0 Å². The maximum absolute atomic E-state index is 12.6. The SMILES string of the molecule is CC(C)C(NC(=O)NC1C2CCC(C2)C1CO)c1nc(C2CC2)no1. The molecule has 2 bridgehead atoms. The van der Waals surface area contributed by atoms with Crippen LogP contribution in [0.15, 0.2) is 4.52 Å². The number of amides is 2. The van der Waals surface area contributed by atoms with Crippen molar-refractivity contribution in [3.05, 3.63) is 11.7 Å². The second-order valence-corrected chi connectivity index (χ2v) is 8.31. The maximum Gasteiger partial charge on any atom is 0.315 e. The van der Waals surface area contributed by atoms with Crippen LogP contribution in [0.4, 0.5) is 4.79 Å². The van der Waals surface area contributed by atoms with E-state index in [1.165, 1.54) is 6.42 Å². The quantitative estimate of drug-likeness (QED) is 0.733. The summed E-state index contributed by atoms with van der Waals surface area (Å²) in [6, 6.07) is -0.437. The molecule has 3 fully saturated rings. The monoisotopic (exact) mass is 348 g/mol. The van der Waals surface area contributed by atoms with E-state index in [2.05, 4.69) is 20.8 Å². The Morgan fingerprint density at radius 2 is 2.04 bits per heavy atom. The Kier molecular flexibility index (Phi) is 4.43. The fourth-order valence-corrected chi connectivity index (χ4v) is 4.63. The molecule has 3 aliphatic carbocycles. The van der Waals surface area contributed by atoms with Gasteiger partial charge in [-0.15, -0.1) is 0 Å². The molecule has 2 amide bonds. The zero-order chi connectivity index (χ0) is 17.6. The lowest BCUT2D eigenvalue weighted by Crippen LogP contribution is -2.50. The largest absolute Gasteiger partial charge is 0.396 e. The standard InChI is InChI=1S/C18H28N4O3/c1-9(2)14(17-21-16(22-25-17)10-3-4-10)19-18(24)20-15-12-6-5-11(7-12)13(15)8-23/h9-15,23H,3-8H2,1-2H3,(H2,19,20,24). The summed E-state index contributed by atoms with van der Waals surface area (Å²) in [5, 5.41) is 19.8. The van der Waals surface area contributed by atoms with Gasteiger partial charge in [0, 0.05) is 24.5 Å². The number of aliphatic hydroxyl groups excluding tert-OH is 1. The molecule has 3 N–H and O–H groups in total. The van der Waals surface area contributed by atoms with Gasteiger partial charge in [0.25, 0.3) is 0 Å². The minimum absolute atomic E-state index is 0.0706. The third kappa shape index (κ3) is 3.26. The van der Waals surface area contributed by atoms with Gasteiger partial charge in [-0.05, 0) is 49.9 Å². The normalized spacial score (nSPS) is 32.2. The summed E-state index contributed by atoms with van der Waals surface area (Å²) in [6.07, 6.45) is 5.68. The summed E-state index contributed by atoms with van der Waals surface area (Å²) in [5.74, 6) is 3.06. The van der Waals surface area contributed by atoms with Gasteiger partial charge in [-0.2, -0.15) is 4.98 Å². The minimum atomic E-state index is -0.300. The summed E-state index contributed by atoms with van der Waals surface area (Å²) in [5.41, 5.74) is 0. The van der Waals surface area contributed by atoms with E-state index >= 15 is 0 Å². The molecule has 1 aromatic rings. The highest BCUT2D eigenvalue weighted by Crippen LogP contribution is 2.48. The van der Waals surface area contributed by atoms with E-state index in [1.807, 2.05) is 13.8 Å². The van der Waals surface area contributed by atoms with Crippen LogP contribution in [-0.2, 0) is 0 Å². The molecule has 1 aromatic heterocycles. The van der Waals surface area contributed by atoms with Crippen molar-refractivity contribution in [1.82, 2.24) is 20.8 Å². The van der Waals surface area contributed by atoms with Crippen LogP contribution < -0.4 is 10.6 Å². The van der Waals surface area contributed by atoms with Crippen LogP contribution in [0.5, 0.6) is 0 Å². The fraction of sp³-hybridized carbons (Fsp3) is 0.833. The topological polar surface area (TPSA) is 100 Å². The first-order valence-corrected chi connectivity index (χ1v) is 9.58. The lowest BCUT2D eigenvalue weighted by atomic mass is 9.85. The van der Waals surface area contributed by atoms with Crippen LogP contribution in [0.2, 0.25) is 0 Å². The lowest BCUT2D eigenvalue weighted by Gasteiger charge is -2.31. The van der Waals surface area contributed by atoms with E-state index in [9.17, 15) is 9.90 Å². The van der Waals surface area contributed by atoms with Crippen molar-refractivity contribution in [2.24, 2.45) is 23.7 Å². The smallest absolute Gasteiger partial charge is 0.315 e. The van der Waals surface area contributed by atoms with E-state index in [-0.39, 0.29) is 36.6 Å². The fourth-order valence-electron chi connectivity index (χ4n) is 4.63. The molecule has 5 atom stereocenters. The van der Waals surface area contributed by atoms with Gasteiger partial charge in [-0.25, -0.2) is 4.79 Å². The summed E-state index contributed by atoms with van der Waals surface area (Å²) in [7, 11) is 0. The first-order chi connectivity index (χ1) is 12.1. The van der Waals surface area contributed by atoms with Crippen LogP contribution in [0.1, 0.15) is 69.6 Å². The first kappa shape index (κ1) is 16.8. The van der Waals surface area contributed by atoms with E-state index in [0.717, 1.165) is 31.5 Å². The highest BCUT2D eigenvalue weighted by Gasteiger charge is 2.47. The Bertz CT molecular complexity index is 628. The summed E-state index contributed by atoms with van der Waals surface area (Å²) < 4.78 is 5.41. The first-order valence-electron chi connectivity index (χ1n) is 9.58. The molecule has 0 saturated heterocycles. The van der Waals surface area contributed by atoms with E-state index in [4.69, 9.17) is 4.52 Å². The molecule has 7 nitrogen and oxygen atoms in total. The van der Waals surface area contributed by atoms with Crippen molar-refractivity contribution in [2.75, 3.05) is 6.61 Å². The van der Waals surface area contributed by atoms with E-state index in [0.29, 0.717) is 23.6 Å². The van der Waals surface area contributed by atoms with Gasteiger partial charge >= 0.3 is 6.03 Å². The van der Waals surface area contributed by atoms with Crippen LogP contribution in [0, 0.1) is 23.7 Å². The summed E-state index contributed by atoms with van der Waals surface area (Å²) in [4.78, 5) is 17.1. The van der Waals surface area contributed by atoms with Crippen molar-refractivity contribution in [2.45, 2.75) is 64.0 Å². The molecule has 0 aliphatic heterocycles. The minimum Gasteiger partial charge on any atom is -0.396 e. The Labute approximate surface area is 147 Å². The molecule has 0 aromatic carbocycles. The number of nitrogens with one attached hydrogen (secondary N) is 2. The van der Waals surface area contributed by atoms with Gasteiger partial charge in [0.2, 0.25) is 5.89 Å². The second-order valence-electron chi connectivity index (χ2n) is 8.31. The maximum atomic E-state index is 12.6. The highest BCUT2D eigenvalue weighted by molar-refractivity contribution is 5.74. The average molecular weight is 348 g/mol. The van der Waals surface area contributed by atoms with Crippen LogP contribution in [0.3, 0.4) is 0 Å². The van der Waals surface area contributed by atoms with Gasteiger partial charge in [0.15, 0.2) is 5.82 Å². The number of nitrogens with zero attached hydrogens (tertiary/aromatic N) is 2. The van der Waals surface area contributed by atoms with Crippen molar-refractivity contribution >= 4 is 6.03 Å². The van der Waals surface area contributed by atoms with Crippen molar-refractivity contribution in [1.29, 1.82) is 0 Å². The molecule has 3 aliphatic rings. The molecule has 4 rings (SSSR count). The molecule has 25 heavy (non-hydrogen) atoms. The Hall–Kier alpha value is -1.63. The van der Waals surface area contributed by atoms with Gasteiger partial charge in [-0.3, -0.25) is 0 Å². The van der Waals surface area contributed by atoms with E-state index < -0.39 is 0 Å². The molecule has 0 spiro atoms. The number of fused-ring (bicyclic) bond motifs is 2. The van der Waals surface area contributed by atoms with Gasteiger partial charge in [0.1, 0.15) is 6.04 Å². The Morgan fingerprint density at radius 3 is 2.72 bits per heavy atom. The number of hydrogen-bond donors (Lipinski definition) is 3. The van der Waals surface area contributed by atoms with Gasteiger partial charge < -0.3 is 20.3 Å². The molecule has 138 valence electrons. The zero-order valence-electron chi connectivity index (χ0n) is 14.9. The molecule has 0 radical (unpaired) electrons. The zero-order valence-corrected chi connectivity index (χ0v) is 14.9. The number of carbonyl (C=O) groups excluding carboxylic acids is 1. The number of aromatic nitrogens is 2. The number of rotatable bonds is 6. The second kappa shape index (κ2) is 6.59. The predicted octanol–water partition coefficient (Wildman–Crippen LogP) is 2.35. The molecular weight excluding hydrogens is 320 g/mol. The Morgan fingerprint density at radius 1 is 1.28 bits per heavy atom. The molecule has 7 heteroatoms. The van der Waals surface area contributed by atoms with E-state index in [1.54, 1.807) is 0 Å². The number of aliphatic hydroxyl groups is 1. The highest BCUT2D eigenvalue weighted by atomic mass is 16.5. The van der Waals surface area contributed by atoms with Crippen LogP contribution in [0.25, 0.3) is 0 Å². The predicted molar refractivity (Wildman–Crippen MR) is 90.7 cm³/mol. The molecule has 1 heterocycles.